The van der Waals surface area contributed by atoms with Gasteiger partial charge in [-0.3, -0.25) is 4.79 Å². The second-order valence-electron chi connectivity index (χ2n) is 4.45. The van der Waals surface area contributed by atoms with Gasteiger partial charge in [-0.05, 0) is 11.6 Å². The number of carbonyl (C=O) groups is 1. The number of anilines is 1. The number of nitrogens with one attached hydrogen (secondary N) is 1. The molecule has 3 heterocycles. The van der Waals surface area contributed by atoms with E-state index in [2.05, 4.69) is 25.4 Å². The molecule has 3 aromatic heterocycles. The highest BCUT2D eigenvalue weighted by Gasteiger charge is 2.08. The summed E-state index contributed by atoms with van der Waals surface area (Å²) in [6, 6.07) is 4.49. The summed E-state index contributed by atoms with van der Waals surface area (Å²) in [5, 5.41) is 6.82. The van der Waals surface area contributed by atoms with Crippen LogP contribution >= 0.6 is 0 Å². The van der Waals surface area contributed by atoms with Crippen LogP contribution in [-0.2, 0) is 11.2 Å². The van der Waals surface area contributed by atoms with Crippen LogP contribution in [0.1, 0.15) is 5.56 Å². The Balaban J connectivity index is 1.68. The number of rotatable bonds is 4. The van der Waals surface area contributed by atoms with Crippen molar-refractivity contribution < 1.29 is 9.18 Å². The van der Waals surface area contributed by atoms with Gasteiger partial charge in [-0.25, -0.2) is 19.6 Å². The van der Waals surface area contributed by atoms with Crippen molar-refractivity contribution in [1.82, 2.24) is 24.7 Å². The number of halogens is 1. The van der Waals surface area contributed by atoms with E-state index in [-0.39, 0.29) is 12.3 Å². The van der Waals surface area contributed by atoms with Crippen LogP contribution in [0, 0.1) is 5.95 Å². The maximum absolute atomic E-state index is 13.1. The molecule has 0 bridgehead atoms. The average molecular weight is 298 g/mol. The maximum atomic E-state index is 13.1. The van der Waals surface area contributed by atoms with Crippen LogP contribution < -0.4 is 5.32 Å². The molecule has 0 aromatic carbocycles. The standard InChI is InChI=1S/C14H11FN6O/c15-12-6-11(1-3-18-12)21-4-2-13(20-21)19-14(22)5-10-7-16-9-17-8-10/h1-4,6-9H,5H2,(H,19,20,22). The van der Waals surface area contributed by atoms with Crippen LogP contribution in [0.2, 0.25) is 0 Å². The third kappa shape index (κ3) is 3.29. The van der Waals surface area contributed by atoms with Crippen molar-refractivity contribution in [3.8, 4) is 5.69 Å². The van der Waals surface area contributed by atoms with Crippen molar-refractivity contribution in [1.29, 1.82) is 0 Å². The third-order valence-electron chi connectivity index (χ3n) is 2.81. The lowest BCUT2D eigenvalue weighted by Gasteiger charge is -2.02. The van der Waals surface area contributed by atoms with Gasteiger partial charge in [0.15, 0.2) is 5.82 Å². The number of hydrogen-bond donors (Lipinski definition) is 1. The predicted octanol–water partition coefficient (Wildman–Crippen LogP) is 1.38. The average Bonchev–Trinajstić information content (AvgIpc) is 2.96. The number of carbonyl (C=O) groups excluding carboxylic acids is 1. The van der Waals surface area contributed by atoms with Crippen LogP contribution in [0.5, 0.6) is 0 Å². The molecule has 0 saturated heterocycles. The topological polar surface area (TPSA) is 85.6 Å². The van der Waals surface area contributed by atoms with Gasteiger partial charge < -0.3 is 5.32 Å². The van der Waals surface area contributed by atoms with Gasteiger partial charge in [0.2, 0.25) is 11.9 Å². The molecule has 0 spiro atoms. The fraction of sp³-hybridized carbons (Fsp3) is 0.0714. The van der Waals surface area contributed by atoms with E-state index in [0.29, 0.717) is 17.1 Å². The second-order valence-corrected chi connectivity index (χ2v) is 4.45. The van der Waals surface area contributed by atoms with Crippen molar-refractivity contribution >= 4 is 11.7 Å². The lowest BCUT2D eigenvalue weighted by molar-refractivity contribution is -0.115. The highest BCUT2D eigenvalue weighted by Crippen LogP contribution is 2.11. The molecule has 0 unspecified atom stereocenters. The first-order chi connectivity index (χ1) is 10.7. The lowest BCUT2D eigenvalue weighted by Crippen LogP contribution is -2.15. The van der Waals surface area contributed by atoms with Crippen LogP contribution in [0.4, 0.5) is 10.2 Å². The Kier molecular flexibility index (Phi) is 3.82. The Bertz CT molecular complexity index is 789. The Hall–Kier alpha value is -3.16. The molecule has 7 nitrogen and oxygen atoms in total. The quantitative estimate of drug-likeness (QED) is 0.735. The smallest absolute Gasteiger partial charge is 0.230 e. The molecule has 3 rings (SSSR count). The first-order valence-electron chi connectivity index (χ1n) is 6.42. The number of hydrogen-bond acceptors (Lipinski definition) is 5. The molecule has 0 fully saturated rings. The fourth-order valence-corrected chi connectivity index (χ4v) is 1.86. The molecule has 110 valence electrons. The summed E-state index contributed by atoms with van der Waals surface area (Å²) in [4.78, 5) is 23.1. The van der Waals surface area contributed by atoms with Gasteiger partial charge >= 0.3 is 0 Å². The highest BCUT2D eigenvalue weighted by molar-refractivity contribution is 5.91. The zero-order valence-electron chi connectivity index (χ0n) is 11.3. The minimum absolute atomic E-state index is 0.150. The van der Waals surface area contributed by atoms with Crippen molar-refractivity contribution in [2.24, 2.45) is 0 Å². The fourth-order valence-electron chi connectivity index (χ4n) is 1.86. The molecule has 1 N–H and O–H groups in total. The van der Waals surface area contributed by atoms with Crippen molar-refractivity contribution in [2.75, 3.05) is 5.32 Å². The van der Waals surface area contributed by atoms with Gasteiger partial charge in [0.05, 0.1) is 12.1 Å². The summed E-state index contributed by atoms with van der Waals surface area (Å²) in [6.45, 7) is 0. The van der Waals surface area contributed by atoms with E-state index in [1.165, 1.54) is 23.3 Å². The van der Waals surface area contributed by atoms with E-state index in [4.69, 9.17) is 0 Å². The number of aromatic nitrogens is 5. The van der Waals surface area contributed by atoms with Crippen molar-refractivity contribution in [3.63, 3.8) is 0 Å². The van der Waals surface area contributed by atoms with Crippen LogP contribution in [0.3, 0.4) is 0 Å². The number of nitrogens with zero attached hydrogens (tertiary/aromatic N) is 5. The predicted molar refractivity (Wildman–Crippen MR) is 75.7 cm³/mol. The van der Waals surface area contributed by atoms with E-state index >= 15 is 0 Å². The summed E-state index contributed by atoms with van der Waals surface area (Å²) in [5.74, 6) is -0.456. The Morgan fingerprint density at radius 1 is 1.27 bits per heavy atom. The monoisotopic (exact) mass is 298 g/mol. The van der Waals surface area contributed by atoms with E-state index in [1.807, 2.05) is 0 Å². The maximum Gasteiger partial charge on any atom is 0.230 e. The molecule has 8 heteroatoms. The summed E-state index contributed by atoms with van der Waals surface area (Å²) in [6.07, 6.45) is 7.67. The van der Waals surface area contributed by atoms with Crippen molar-refractivity contribution in [2.45, 2.75) is 6.42 Å². The zero-order valence-corrected chi connectivity index (χ0v) is 11.3. The summed E-state index contributed by atoms with van der Waals surface area (Å²) in [5.41, 5.74) is 1.22. The van der Waals surface area contributed by atoms with Crippen molar-refractivity contribution in [3.05, 3.63) is 60.8 Å². The van der Waals surface area contributed by atoms with Crippen LogP contribution in [0.25, 0.3) is 5.69 Å². The zero-order chi connectivity index (χ0) is 15.4. The number of amides is 1. The molecule has 1 amide bonds. The third-order valence-corrected chi connectivity index (χ3v) is 2.81. The van der Waals surface area contributed by atoms with E-state index < -0.39 is 5.95 Å². The molecule has 0 radical (unpaired) electrons. The van der Waals surface area contributed by atoms with E-state index in [1.54, 1.807) is 30.7 Å². The van der Waals surface area contributed by atoms with E-state index in [0.717, 1.165) is 0 Å². The summed E-state index contributed by atoms with van der Waals surface area (Å²) in [7, 11) is 0. The molecule has 22 heavy (non-hydrogen) atoms. The first kappa shape index (κ1) is 13.8. The Morgan fingerprint density at radius 2 is 2.09 bits per heavy atom. The van der Waals surface area contributed by atoms with Gasteiger partial charge in [-0.15, -0.1) is 0 Å². The van der Waals surface area contributed by atoms with E-state index in [9.17, 15) is 9.18 Å². The highest BCUT2D eigenvalue weighted by atomic mass is 19.1. The van der Waals surface area contributed by atoms with Gasteiger partial charge in [-0.2, -0.15) is 9.49 Å². The second kappa shape index (κ2) is 6.08. The van der Waals surface area contributed by atoms with Crippen LogP contribution in [0.15, 0.2) is 49.3 Å². The van der Waals surface area contributed by atoms with Crippen LogP contribution in [-0.4, -0.2) is 30.6 Å². The SMILES string of the molecule is O=C(Cc1cncnc1)Nc1ccn(-c2ccnc(F)c2)n1. The largest absolute Gasteiger partial charge is 0.309 e. The molecular formula is C14H11FN6O. The number of pyridine rings is 1. The van der Waals surface area contributed by atoms with Gasteiger partial charge in [-0.1, -0.05) is 0 Å². The molecular weight excluding hydrogens is 287 g/mol. The minimum Gasteiger partial charge on any atom is -0.309 e. The summed E-state index contributed by atoms with van der Waals surface area (Å²) >= 11 is 0. The Labute approximate surface area is 124 Å². The molecule has 0 atom stereocenters. The molecule has 0 aliphatic carbocycles. The van der Waals surface area contributed by atoms with Gasteiger partial charge in [0, 0.05) is 36.9 Å². The Morgan fingerprint density at radius 3 is 2.86 bits per heavy atom. The first-order valence-corrected chi connectivity index (χ1v) is 6.42. The van der Waals surface area contributed by atoms with Gasteiger partial charge in [0.1, 0.15) is 6.33 Å². The lowest BCUT2D eigenvalue weighted by atomic mass is 10.2. The molecule has 0 aliphatic rings. The molecule has 0 aliphatic heterocycles. The molecule has 0 saturated carbocycles. The molecule has 3 aromatic rings. The van der Waals surface area contributed by atoms with Gasteiger partial charge in [0.25, 0.3) is 0 Å². The minimum atomic E-state index is -0.595. The summed E-state index contributed by atoms with van der Waals surface area (Å²) < 4.78 is 14.5. The normalized spacial score (nSPS) is 10.4.